The molecule has 2 aromatic rings. The predicted molar refractivity (Wildman–Crippen MR) is 117 cm³/mol. The van der Waals surface area contributed by atoms with E-state index in [1.807, 2.05) is 35.4 Å². The van der Waals surface area contributed by atoms with E-state index in [1.54, 1.807) is 0 Å². The molecule has 7 heteroatoms. The van der Waals surface area contributed by atoms with Crippen molar-refractivity contribution < 1.29 is 4.79 Å². The molecule has 2 aliphatic heterocycles. The van der Waals surface area contributed by atoms with Crippen LogP contribution in [0.2, 0.25) is 0 Å². The number of hydrogen-bond acceptors (Lipinski definition) is 5. The molecule has 2 fully saturated rings. The number of anilines is 3. The maximum Gasteiger partial charge on any atom is 0.321 e. The maximum atomic E-state index is 12.7. The SMILES string of the molecule is CCc1ccccc1NC(=O)N1CCN(c2ccnc(N3CCCCC3)n2)CC1. The lowest BCUT2D eigenvalue weighted by Gasteiger charge is -2.36. The van der Waals surface area contributed by atoms with Crippen LogP contribution in [0.3, 0.4) is 0 Å². The first-order valence-electron chi connectivity index (χ1n) is 10.7. The monoisotopic (exact) mass is 394 g/mol. The lowest BCUT2D eigenvalue weighted by atomic mass is 10.1. The van der Waals surface area contributed by atoms with Crippen LogP contribution in [0.4, 0.5) is 22.2 Å². The second-order valence-corrected chi connectivity index (χ2v) is 7.68. The molecule has 0 bridgehead atoms. The number of nitrogens with one attached hydrogen (secondary N) is 1. The molecule has 1 aromatic heterocycles. The number of piperazine rings is 1. The van der Waals surface area contributed by atoms with Crippen molar-refractivity contribution in [3.63, 3.8) is 0 Å². The number of nitrogens with zero attached hydrogens (tertiary/aromatic N) is 5. The average Bonchev–Trinajstić information content (AvgIpc) is 2.80. The minimum atomic E-state index is -0.0257. The predicted octanol–water partition coefficient (Wildman–Crippen LogP) is 3.38. The van der Waals surface area contributed by atoms with Gasteiger partial charge >= 0.3 is 6.03 Å². The molecule has 0 atom stereocenters. The summed E-state index contributed by atoms with van der Waals surface area (Å²) in [5.41, 5.74) is 2.06. The molecule has 0 spiro atoms. The van der Waals surface area contributed by atoms with Gasteiger partial charge in [-0.2, -0.15) is 4.98 Å². The number of rotatable bonds is 4. The first-order valence-corrected chi connectivity index (χ1v) is 10.7. The van der Waals surface area contributed by atoms with E-state index < -0.39 is 0 Å². The number of aromatic nitrogens is 2. The van der Waals surface area contributed by atoms with Crippen LogP contribution in [0.15, 0.2) is 36.5 Å². The third-order valence-corrected chi connectivity index (χ3v) is 5.80. The summed E-state index contributed by atoms with van der Waals surface area (Å²) in [6, 6.07) is 9.94. The molecule has 0 unspecified atom stereocenters. The van der Waals surface area contributed by atoms with Gasteiger partial charge < -0.3 is 20.0 Å². The van der Waals surface area contributed by atoms with E-state index in [0.717, 1.165) is 55.6 Å². The second-order valence-electron chi connectivity index (χ2n) is 7.68. The van der Waals surface area contributed by atoms with Crippen LogP contribution < -0.4 is 15.1 Å². The standard InChI is InChI=1S/C22H30N6O/c1-2-18-8-4-5-9-19(18)24-22(29)28-16-14-26(15-17-28)20-10-11-23-21(25-20)27-12-6-3-7-13-27/h4-5,8-11H,2-3,6-7,12-17H2,1H3,(H,24,29). The number of amides is 2. The minimum Gasteiger partial charge on any atom is -0.353 e. The maximum absolute atomic E-state index is 12.7. The molecule has 3 heterocycles. The fourth-order valence-corrected chi connectivity index (χ4v) is 4.05. The van der Waals surface area contributed by atoms with Crippen molar-refractivity contribution >= 4 is 23.5 Å². The van der Waals surface area contributed by atoms with Crippen molar-refractivity contribution in [1.29, 1.82) is 0 Å². The summed E-state index contributed by atoms with van der Waals surface area (Å²) >= 11 is 0. The summed E-state index contributed by atoms with van der Waals surface area (Å²) in [6.45, 7) is 7.10. The van der Waals surface area contributed by atoms with Gasteiger partial charge in [-0.3, -0.25) is 0 Å². The van der Waals surface area contributed by atoms with Crippen LogP contribution in [0, 0.1) is 0 Å². The van der Waals surface area contributed by atoms with Gasteiger partial charge in [0.15, 0.2) is 0 Å². The number of aryl methyl sites for hydroxylation is 1. The van der Waals surface area contributed by atoms with Crippen molar-refractivity contribution in [3.8, 4) is 0 Å². The minimum absolute atomic E-state index is 0.0257. The normalized spacial score (nSPS) is 17.3. The molecule has 7 nitrogen and oxygen atoms in total. The van der Waals surface area contributed by atoms with Crippen LogP contribution >= 0.6 is 0 Å². The molecule has 2 amide bonds. The molecule has 2 saturated heterocycles. The Morgan fingerprint density at radius 1 is 0.966 bits per heavy atom. The summed E-state index contributed by atoms with van der Waals surface area (Å²) in [5.74, 6) is 1.79. The van der Waals surface area contributed by atoms with E-state index in [1.165, 1.54) is 19.3 Å². The van der Waals surface area contributed by atoms with E-state index >= 15 is 0 Å². The first-order chi connectivity index (χ1) is 14.2. The van der Waals surface area contributed by atoms with Crippen LogP contribution in [-0.2, 0) is 6.42 Å². The average molecular weight is 395 g/mol. The number of benzene rings is 1. The molecule has 29 heavy (non-hydrogen) atoms. The summed E-state index contributed by atoms with van der Waals surface area (Å²) in [6.07, 6.45) is 6.47. The summed E-state index contributed by atoms with van der Waals surface area (Å²) in [5, 5.41) is 3.07. The molecule has 4 rings (SSSR count). The summed E-state index contributed by atoms with van der Waals surface area (Å²) in [4.78, 5) is 28.4. The van der Waals surface area contributed by atoms with Crippen LogP contribution in [0.1, 0.15) is 31.7 Å². The zero-order valence-electron chi connectivity index (χ0n) is 17.2. The first kappa shape index (κ1) is 19.5. The fraction of sp³-hybridized carbons (Fsp3) is 0.500. The Hall–Kier alpha value is -2.83. The van der Waals surface area contributed by atoms with Crippen molar-refractivity contribution in [1.82, 2.24) is 14.9 Å². The Balaban J connectivity index is 1.35. The highest BCUT2D eigenvalue weighted by Gasteiger charge is 2.23. The molecular formula is C22H30N6O. The molecule has 0 radical (unpaired) electrons. The van der Waals surface area contributed by atoms with Gasteiger partial charge in [0.1, 0.15) is 5.82 Å². The van der Waals surface area contributed by atoms with Crippen LogP contribution in [0.25, 0.3) is 0 Å². The molecule has 2 aliphatic rings. The second kappa shape index (κ2) is 9.11. The molecule has 0 aliphatic carbocycles. The largest absolute Gasteiger partial charge is 0.353 e. The van der Waals surface area contributed by atoms with E-state index in [4.69, 9.17) is 4.98 Å². The van der Waals surface area contributed by atoms with E-state index in [0.29, 0.717) is 13.1 Å². The number of urea groups is 1. The molecule has 1 aromatic carbocycles. The van der Waals surface area contributed by atoms with E-state index in [2.05, 4.69) is 33.1 Å². The highest BCUT2D eigenvalue weighted by Crippen LogP contribution is 2.21. The smallest absolute Gasteiger partial charge is 0.321 e. The van der Waals surface area contributed by atoms with Gasteiger partial charge in [0, 0.05) is 51.2 Å². The molecule has 1 N–H and O–H groups in total. The van der Waals surface area contributed by atoms with Crippen molar-refractivity contribution in [2.24, 2.45) is 0 Å². The van der Waals surface area contributed by atoms with Gasteiger partial charge in [0.25, 0.3) is 0 Å². The quantitative estimate of drug-likeness (QED) is 0.861. The molecular weight excluding hydrogens is 364 g/mol. The zero-order valence-corrected chi connectivity index (χ0v) is 17.2. The number of carbonyl (C=O) groups is 1. The van der Waals surface area contributed by atoms with E-state index in [9.17, 15) is 4.79 Å². The number of carbonyl (C=O) groups excluding carboxylic acids is 1. The highest BCUT2D eigenvalue weighted by molar-refractivity contribution is 5.90. The van der Waals surface area contributed by atoms with Crippen molar-refractivity contribution in [3.05, 3.63) is 42.1 Å². The zero-order chi connectivity index (χ0) is 20.1. The number of hydrogen-bond donors (Lipinski definition) is 1. The Bertz CT molecular complexity index is 828. The van der Waals surface area contributed by atoms with Gasteiger partial charge in [-0.1, -0.05) is 25.1 Å². The fourth-order valence-electron chi connectivity index (χ4n) is 4.05. The lowest BCUT2D eigenvalue weighted by molar-refractivity contribution is 0.208. The number of para-hydroxylation sites is 1. The summed E-state index contributed by atoms with van der Waals surface area (Å²) in [7, 11) is 0. The van der Waals surface area contributed by atoms with Gasteiger partial charge in [-0.25, -0.2) is 9.78 Å². The highest BCUT2D eigenvalue weighted by atomic mass is 16.2. The van der Waals surface area contributed by atoms with Gasteiger partial charge in [-0.15, -0.1) is 0 Å². The Morgan fingerprint density at radius 3 is 2.48 bits per heavy atom. The topological polar surface area (TPSA) is 64.6 Å². The third-order valence-electron chi connectivity index (χ3n) is 5.80. The van der Waals surface area contributed by atoms with Crippen molar-refractivity contribution in [2.75, 3.05) is 54.4 Å². The van der Waals surface area contributed by atoms with Gasteiger partial charge in [-0.05, 0) is 43.4 Å². The van der Waals surface area contributed by atoms with Crippen LogP contribution in [-0.4, -0.2) is 60.2 Å². The van der Waals surface area contributed by atoms with Crippen molar-refractivity contribution in [2.45, 2.75) is 32.6 Å². The molecule has 154 valence electrons. The van der Waals surface area contributed by atoms with Crippen LogP contribution in [0.5, 0.6) is 0 Å². The van der Waals surface area contributed by atoms with Gasteiger partial charge in [0.05, 0.1) is 0 Å². The summed E-state index contributed by atoms with van der Waals surface area (Å²) < 4.78 is 0. The van der Waals surface area contributed by atoms with E-state index in [-0.39, 0.29) is 6.03 Å². The third kappa shape index (κ3) is 4.60. The van der Waals surface area contributed by atoms with Gasteiger partial charge in [0.2, 0.25) is 5.95 Å². The Morgan fingerprint density at radius 2 is 1.72 bits per heavy atom. The Labute approximate surface area is 172 Å². The Kier molecular flexibility index (Phi) is 6.12. The number of piperidine rings is 1. The lowest BCUT2D eigenvalue weighted by Crippen LogP contribution is -2.50. The molecule has 0 saturated carbocycles.